The summed E-state index contributed by atoms with van der Waals surface area (Å²) in [4.78, 5) is 24.1. The number of rotatable bonds is 3. The Morgan fingerprint density at radius 1 is 1.32 bits per heavy atom. The lowest BCUT2D eigenvalue weighted by Crippen LogP contribution is -2.29. The van der Waals surface area contributed by atoms with Gasteiger partial charge in [-0.15, -0.1) is 6.58 Å². The second kappa shape index (κ2) is 5.56. The van der Waals surface area contributed by atoms with E-state index < -0.39 is 18.2 Å². The van der Waals surface area contributed by atoms with Gasteiger partial charge in [0.15, 0.2) is 0 Å². The van der Waals surface area contributed by atoms with Crippen molar-refractivity contribution in [1.82, 2.24) is 4.90 Å². The van der Waals surface area contributed by atoms with Crippen LogP contribution in [-0.4, -0.2) is 41.3 Å². The first-order chi connectivity index (χ1) is 9.11. The van der Waals surface area contributed by atoms with Crippen molar-refractivity contribution in [2.45, 2.75) is 6.10 Å². The van der Waals surface area contributed by atoms with E-state index >= 15 is 0 Å². The summed E-state index contributed by atoms with van der Waals surface area (Å²) in [5.41, 5.74) is 0.457. The summed E-state index contributed by atoms with van der Waals surface area (Å²) < 4.78 is 5.37. The monoisotopic (exact) mass is 261 g/mol. The van der Waals surface area contributed by atoms with E-state index in [1.165, 1.54) is 4.90 Å². The zero-order valence-corrected chi connectivity index (χ0v) is 10.4. The molecule has 0 saturated carbocycles. The molecule has 0 aromatic heterocycles. The van der Waals surface area contributed by atoms with E-state index in [4.69, 9.17) is 9.84 Å². The van der Waals surface area contributed by atoms with Crippen molar-refractivity contribution in [3.63, 3.8) is 0 Å². The summed E-state index contributed by atoms with van der Waals surface area (Å²) in [5, 5.41) is 8.95. The highest BCUT2D eigenvalue weighted by Crippen LogP contribution is 2.22. The van der Waals surface area contributed by atoms with Crippen LogP contribution in [0.2, 0.25) is 0 Å². The van der Waals surface area contributed by atoms with Crippen LogP contribution in [0.3, 0.4) is 0 Å². The first kappa shape index (κ1) is 13.1. The molecule has 0 spiro atoms. The van der Waals surface area contributed by atoms with Crippen molar-refractivity contribution in [3.8, 4) is 0 Å². The molecule has 0 radical (unpaired) electrons. The van der Waals surface area contributed by atoms with Gasteiger partial charge in [-0.1, -0.05) is 24.3 Å². The molecule has 0 unspecified atom stereocenters. The number of hydrogen-bond acceptors (Lipinski definition) is 3. The van der Waals surface area contributed by atoms with Crippen LogP contribution in [0.4, 0.5) is 4.79 Å². The third-order valence-electron chi connectivity index (χ3n) is 3.15. The number of carbonyl (C=O) groups excluding carboxylic acids is 1. The third kappa shape index (κ3) is 2.93. The average molecular weight is 261 g/mol. The molecule has 2 atom stereocenters. The van der Waals surface area contributed by atoms with Gasteiger partial charge in [-0.25, -0.2) is 9.59 Å². The van der Waals surface area contributed by atoms with Gasteiger partial charge in [-0.2, -0.15) is 0 Å². The Kier molecular flexibility index (Phi) is 3.85. The molecule has 100 valence electrons. The second-order valence-electron chi connectivity index (χ2n) is 4.40. The molecule has 19 heavy (non-hydrogen) atoms. The third-order valence-corrected chi connectivity index (χ3v) is 3.15. The van der Waals surface area contributed by atoms with E-state index in [1.807, 2.05) is 6.07 Å². The summed E-state index contributed by atoms with van der Waals surface area (Å²) in [6, 6.07) is 8.63. The Bertz CT molecular complexity index is 485. The number of nitrogens with zero attached hydrogens (tertiary/aromatic N) is 1. The molecule has 1 heterocycles. The van der Waals surface area contributed by atoms with Crippen LogP contribution in [0.1, 0.15) is 10.4 Å². The van der Waals surface area contributed by atoms with Crippen LogP contribution in [0, 0.1) is 5.92 Å². The van der Waals surface area contributed by atoms with Gasteiger partial charge in [0.25, 0.3) is 0 Å². The van der Waals surface area contributed by atoms with Crippen molar-refractivity contribution < 1.29 is 19.4 Å². The molecule has 1 saturated heterocycles. The normalized spacial score (nSPS) is 22.0. The highest BCUT2D eigenvalue weighted by molar-refractivity contribution is 5.89. The number of carbonyl (C=O) groups is 2. The fourth-order valence-electron chi connectivity index (χ4n) is 2.09. The Labute approximate surface area is 111 Å². The maximum atomic E-state index is 11.9. The predicted molar refractivity (Wildman–Crippen MR) is 68.9 cm³/mol. The van der Waals surface area contributed by atoms with Crippen LogP contribution >= 0.6 is 0 Å². The second-order valence-corrected chi connectivity index (χ2v) is 4.40. The number of esters is 1. The van der Waals surface area contributed by atoms with Crippen LogP contribution < -0.4 is 0 Å². The SMILES string of the molecule is C=C[C@@H]1CN(C(=O)O)C[C@@H]1OC(=O)c1ccccc1. The van der Waals surface area contributed by atoms with Crippen LogP contribution in [0.15, 0.2) is 43.0 Å². The maximum absolute atomic E-state index is 11.9. The lowest BCUT2D eigenvalue weighted by atomic mass is 10.1. The Morgan fingerprint density at radius 3 is 2.58 bits per heavy atom. The van der Waals surface area contributed by atoms with E-state index in [-0.39, 0.29) is 12.5 Å². The molecule has 2 rings (SSSR count). The van der Waals surface area contributed by atoms with Crippen molar-refractivity contribution in [2.24, 2.45) is 5.92 Å². The van der Waals surface area contributed by atoms with Crippen molar-refractivity contribution in [3.05, 3.63) is 48.6 Å². The minimum atomic E-state index is -1.01. The Morgan fingerprint density at radius 2 is 2.00 bits per heavy atom. The zero-order valence-electron chi connectivity index (χ0n) is 10.4. The first-order valence-electron chi connectivity index (χ1n) is 5.98. The van der Waals surface area contributed by atoms with E-state index in [0.29, 0.717) is 12.1 Å². The summed E-state index contributed by atoms with van der Waals surface area (Å²) in [6.07, 6.45) is 0.151. The smallest absolute Gasteiger partial charge is 0.407 e. The van der Waals surface area contributed by atoms with E-state index in [9.17, 15) is 9.59 Å². The topological polar surface area (TPSA) is 66.8 Å². The number of hydrogen-bond donors (Lipinski definition) is 1. The van der Waals surface area contributed by atoms with E-state index in [2.05, 4.69) is 6.58 Å². The van der Waals surface area contributed by atoms with E-state index in [1.54, 1.807) is 30.3 Å². The molecular formula is C14H15NO4. The highest BCUT2D eigenvalue weighted by atomic mass is 16.5. The number of amides is 1. The predicted octanol–water partition coefficient (Wildman–Crippen LogP) is 2.01. The van der Waals surface area contributed by atoms with Crippen LogP contribution in [-0.2, 0) is 4.74 Å². The van der Waals surface area contributed by atoms with Gasteiger partial charge in [0.1, 0.15) is 6.10 Å². The van der Waals surface area contributed by atoms with Gasteiger partial charge in [-0.05, 0) is 12.1 Å². The molecule has 0 bridgehead atoms. The standard InChI is InChI=1S/C14H15NO4/c1-2-10-8-15(14(17)18)9-12(10)19-13(16)11-6-4-3-5-7-11/h2-7,10,12H,1,8-9H2,(H,17,18)/t10-,12+/m1/s1. The van der Waals surface area contributed by atoms with Crippen LogP contribution in [0.5, 0.6) is 0 Å². The minimum Gasteiger partial charge on any atom is -0.465 e. The molecule has 1 aromatic carbocycles. The van der Waals surface area contributed by atoms with Gasteiger partial charge >= 0.3 is 12.1 Å². The molecule has 5 nitrogen and oxygen atoms in total. The van der Waals surface area contributed by atoms with E-state index in [0.717, 1.165) is 0 Å². The zero-order chi connectivity index (χ0) is 13.8. The molecule has 5 heteroatoms. The summed E-state index contributed by atoms with van der Waals surface area (Å²) in [6.45, 7) is 4.15. The number of carboxylic acid groups (broad SMARTS) is 1. The van der Waals surface area contributed by atoms with Crippen molar-refractivity contribution >= 4 is 12.1 Å². The molecule has 0 aliphatic carbocycles. The molecule has 1 N–H and O–H groups in total. The summed E-state index contributed by atoms with van der Waals surface area (Å²) in [7, 11) is 0. The largest absolute Gasteiger partial charge is 0.465 e. The molecule has 1 amide bonds. The Hall–Kier alpha value is -2.30. The van der Waals surface area contributed by atoms with Gasteiger partial charge in [0.05, 0.1) is 12.1 Å². The first-order valence-corrected chi connectivity index (χ1v) is 5.98. The maximum Gasteiger partial charge on any atom is 0.407 e. The average Bonchev–Trinajstić information content (AvgIpc) is 2.83. The number of likely N-dealkylation sites (tertiary alicyclic amines) is 1. The molecule has 1 aromatic rings. The van der Waals surface area contributed by atoms with Gasteiger partial charge in [-0.3, -0.25) is 0 Å². The number of benzene rings is 1. The summed E-state index contributed by atoms with van der Waals surface area (Å²) >= 11 is 0. The molecule has 1 fully saturated rings. The lowest BCUT2D eigenvalue weighted by Gasteiger charge is -2.15. The summed E-state index contributed by atoms with van der Waals surface area (Å²) in [5.74, 6) is -0.603. The quantitative estimate of drug-likeness (QED) is 0.667. The Balaban J connectivity index is 2.04. The molecule has 1 aliphatic heterocycles. The fourth-order valence-corrected chi connectivity index (χ4v) is 2.09. The van der Waals surface area contributed by atoms with Crippen LogP contribution in [0.25, 0.3) is 0 Å². The lowest BCUT2D eigenvalue weighted by molar-refractivity contribution is 0.0270. The van der Waals surface area contributed by atoms with Crippen molar-refractivity contribution in [1.29, 1.82) is 0 Å². The minimum absolute atomic E-state index is 0.163. The fraction of sp³-hybridized carbons (Fsp3) is 0.286. The van der Waals surface area contributed by atoms with Gasteiger partial charge < -0.3 is 14.7 Å². The van der Waals surface area contributed by atoms with Crippen molar-refractivity contribution in [2.75, 3.05) is 13.1 Å². The van der Waals surface area contributed by atoms with Gasteiger partial charge in [0.2, 0.25) is 0 Å². The molecule has 1 aliphatic rings. The number of ether oxygens (including phenoxy) is 1. The molecular weight excluding hydrogens is 246 g/mol. The van der Waals surface area contributed by atoms with Gasteiger partial charge in [0, 0.05) is 12.5 Å². The highest BCUT2D eigenvalue weighted by Gasteiger charge is 2.36.